The van der Waals surface area contributed by atoms with Crippen molar-refractivity contribution in [2.24, 2.45) is 0 Å². The fourth-order valence-electron chi connectivity index (χ4n) is 2.63. The van der Waals surface area contributed by atoms with E-state index < -0.39 is 0 Å². The van der Waals surface area contributed by atoms with E-state index in [2.05, 4.69) is 38.4 Å². The molecule has 1 N–H and O–H groups in total. The van der Waals surface area contributed by atoms with Gasteiger partial charge in [0.05, 0.1) is 12.8 Å². The molecule has 0 atom stereocenters. The molecule has 1 aromatic heterocycles. The highest BCUT2D eigenvalue weighted by molar-refractivity contribution is 9.10. The Morgan fingerprint density at radius 3 is 2.67 bits per heavy atom. The first-order chi connectivity index (χ1) is 10.2. The summed E-state index contributed by atoms with van der Waals surface area (Å²) in [6, 6.07) is 10.7. The highest BCUT2D eigenvalue weighted by atomic mass is 79.9. The molecule has 3 rings (SSSR count). The van der Waals surface area contributed by atoms with Crippen molar-refractivity contribution < 1.29 is 4.74 Å². The molecule has 0 radical (unpaired) electrons. The highest BCUT2D eigenvalue weighted by Crippen LogP contribution is 2.39. The first-order valence-electron chi connectivity index (χ1n) is 6.87. The van der Waals surface area contributed by atoms with Crippen molar-refractivity contribution in [2.45, 2.75) is 24.8 Å². The number of anilines is 1. The number of methoxy groups -OCH3 is 1. The van der Waals surface area contributed by atoms with Crippen LogP contribution in [0.1, 0.15) is 24.3 Å². The second-order valence-electron chi connectivity index (χ2n) is 5.27. The molecule has 5 heteroatoms. The van der Waals surface area contributed by atoms with Crippen molar-refractivity contribution in [3.63, 3.8) is 0 Å². The molecule has 2 aromatic rings. The molecule has 0 saturated heterocycles. The molecule has 1 aliphatic rings. The summed E-state index contributed by atoms with van der Waals surface area (Å²) in [4.78, 5) is 4.13. The molecule has 0 spiro atoms. The molecule has 0 unspecified atom stereocenters. The van der Waals surface area contributed by atoms with E-state index in [-0.39, 0.29) is 0 Å². The fraction of sp³-hybridized carbons (Fsp3) is 0.312. The number of hydrogen-bond acceptors (Lipinski definition) is 3. The Balaban J connectivity index is 1.59. The molecule has 1 fully saturated rings. The number of aromatic nitrogens is 1. The van der Waals surface area contributed by atoms with Crippen LogP contribution in [0.2, 0.25) is 5.15 Å². The van der Waals surface area contributed by atoms with Crippen LogP contribution >= 0.6 is 27.5 Å². The van der Waals surface area contributed by atoms with Gasteiger partial charge < -0.3 is 10.1 Å². The molecule has 110 valence electrons. The van der Waals surface area contributed by atoms with Crippen molar-refractivity contribution >= 4 is 33.2 Å². The standard InChI is InChI=1S/C16H16BrClN2O/c1-21-14-4-2-10(3-5-14)11-6-13(7-11)20-15-8-12(17)9-19-16(15)18/h2-5,8-9,11,13,20H,6-7H2,1H3. The van der Waals surface area contributed by atoms with Crippen LogP contribution in [0.3, 0.4) is 0 Å². The van der Waals surface area contributed by atoms with Gasteiger partial charge in [0.25, 0.3) is 0 Å². The maximum absolute atomic E-state index is 6.10. The minimum atomic E-state index is 0.450. The molecule has 0 aliphatic heterocycles. The van der Waals surface area contributed by atoms with E-state index in [1.165, 1.54) is 5.56 Å². The quantitative estimate of drug-likeness (QED) is 0.783. The van der Waals surface area contributed by atoms with Crippen LogP contribution in [0.25, 0.3) is 0 Å². The number of pyridine rings is 1. The van der Waals surface area contributed by atoms with Crippen molar-refractivity contribution in [2.75, 3.05) is 12.4 Å². The third kappa shape index (κ3) is 3.33. The van der Waals surface area contributed by atoms with Gasteiger partial charge in [0.1, 0.15) is 5.75 Å². The van der Waals surface area contributed by atoms with Crippen molar-refractivity contribution in [1.82, 2.24) is 4.98 Å². The Morgan fingerprint density at radius 2 is 2.00 bits per heavy atom. The second kappa shape index (κ2) is 6.24. The minimum absolute atomic E-state index is 0.450. The van der Waals surface area contributed by atoms with Gasteiger partial charge in [-0.15, -0.1) is 0 Å². The lowest BCUT2D eigenvalue weighted by Crippen LogP contribution is -2.34. The topological polar surface area (TPSA) is 34.1 Å². The summed E-state index contributed by atoms with van der Waals surface area (Å²) in [6.45, 7) is 0. The van der Waals surface area contributed by atoms with E-state index in [1.54, 1.807) is 13.3 Å². The van der Waals surface area contributed by atoms with Gasteiger partial charge in [0.15, 0.2) is 5.15 Å². The molecular weight excluding hydrogens is 352 g/mol. The Kier molecular flexibility index (Phi) is 4.36. The molecule has 21 heavy (non-hydrogen) atoms. The van der Waals surface area contributed by atoms with Gasteiger partial charge in [-0.2, -0.15) is 0 Å². The average Bonchev–Trinajstić information content (AvgIpc) is 2.46. The molecule has 1 saturated carbocycles. The van der Waals surface area contributed by atoms with Crippen LogP contribution < -0.4 is 10.1 Å². The summed E-state index contributed by atoms with van der Waals surface area (Å²) in [5.74, 6) is 1.51. The largest absolute Gasteiger partial charge is 0.497 e. The Bertz CT molecular complexity index is 627. The van der Waals surface area contributed by atoms with Crippen LogP contribution in [0, 0.1) is 0 Å². The molecule has 0 bridgehead atoms. The number of nitrogens with one attached hydrogen (secondary N) is 1. The lowest BCUT2D eigenvalue weighted by molar-refractivity contribution is 0.373. The number of hydrogen-bond donors (Lipinski definition) is 1. The smallest absolute Gasteiger partial charge is 0.152 e. The normalized spacial score (nSPS) is 20.7. The van der Waals surface area contributed by atoms with Crippen LogP contribution in [0.5, 0.6) is 5.75 Å². The van der Waals surface area contributed by atoms with Crippen molar-refractivity contribution in [3.8, 4) is 5.75 Å². The van der Waals surface area contributed by atoms with Crippen LogP contribution in [-0.2, 0) is 0 Å². The van der Waals surface area contributed by atoms with E-state index in [9.17, 15) is 0 Å². The summed E-state index contributed by atoms with van der Waals surface area (Å²) < 4.78 is 6.12. The van der Waals surface area contributed by atoms with Crippen molar-refractivity contribution in [1.29, 1.82) is 0 Å². The number of halogens is 2. The van der Waals surface area contributed by atoms with Gasteiger partial charge in [-0.05, 0) is 58.5 Å². The van der Waals surface area contributed by atoms with Gasteiger partial charge >= 0.3 is 0 Å². The molecule has 1 aliphatic carbocycles. The van der Waals surface area contributed by atoms with Crippen LogP contribution in [0.15, 0.2) is 41.0 Å². The van der Waals surface area contributed by atoms with Gasteiger partial charge in [-0.1, -0.05) is 23.7 Å². The maximum atomic E-state index is 6.10. The zero-order chi connectivity index (χ0) is 14.8. The minimum Gasteiger partial charge on any atom is -0.497 e. The summed E-state index contributed by atoms with van der Waals surface area (Å²) >= 11 is 9.52. The molecule has 3 nitrogen and oxygen atoms in total. The summed E-state index contributed by atoms with van der Waals surface area (Å²) in [6.07, 6.45) is 3.92. The lowest BCUT2D eigenvalue weighted by atomic mass is 9.76. The SMILES string of the molecule is COc1ccc(C2CC(Nc3cc(Br)cnc3Cl)C2)cc1. The predicted molar refractivity (Wildman–Crippen MR) is 89.3 cm³/mol. The van der Waals surface area contributed by atoms with Gasteiger partial charge in [-0.3, -0.25) is 0 Å². The molecule has 0 amide bonds. The zero-order valence-corrected chi connectivity index (χ0v) is 14.0. The number of ether oxygens (including phenoxy) is 1. The maximum Gasteiger partial charge on any atom is 0.152 e. The number of benzene rings is 1. The van der Waals surface area contributed by atoms with E-state index in [4.69, 9.17) is 16.3 Å². The summed E-state index contributed by atoms with van der Waals surface area (Å²) in [5, 5.41) is 3.98. The Labute approximate surface area is 137 Å². The molecular formula is C16H16BrClN2O. The fourth-order valence-corrected chi connectivity index (χ4v) is 3.12. The summed E-state index contributed by atoms with van der Waals surface area (Å²) in [5.41, 5.74) is 2.26. The van der Waals surface area contributed by atoms with E-state index in [1.807, 2.05) is 18.2 Å². The highest BCUT2D eigenvalue weighted by Gasteiger charge is 2.30. The van der Waals surface area contributed by atoms with Gasteiger partial charge in [-0.25, -0.2) is 4.98 Å². The zero-order valence-electron chi connectivity index (χ0n) is 11.6. The van der Waals surface area contributed by atoms with E-state index in [0.717, 1.165) is 28.8 Å². The van der Waals surface area contributed by atoms with E-state index in [0.29, 0.717) is 17.1 Å². The molecule has 1 heterocycles. The van der Waals surface area contributed by atoms with Crippen molar-refractivity contribution in [3.05, 3.63) is 51.7 Å². The Morgan fingerprint density at radius 1 is 1.29 bits per heavy atom. The summed E-state index contributed by atoms with van der Waals surface area (Å²) in [7, 11) is 1.69. The first kappa shape index (κ1) is 14.7. The lowest BCUT2D eigenvalue weighted by Gasteiger charge is -2.37. The van der Waals surface area contributed by atoms with Crippen LogP contribution in [-0.4, -0.2) is 18.1 Å². The average molecular weight is 368 g/mol. The number of nitrogens with zero attached hydrogens (tertiary/aromatic N) is 1. The third-order valence-electron chi connectivity index (χ3n) is 3.89. The Hall–Kier alpha value is -1.26. The van der Waals surface area contributed by atoms with E-state index >= 15 is 0 Å². The number of rotatable bonds is 4. The van der Waals surface area contributed by atoms with Gasteiger partial charge in [0.2, 0.25) is 0 Å². The van der Waals surface area contributed by atoms with Crippen LogP contribution in [0.4, 0.5) is 5.69 Å². The first-order valence-corrected chi connectivity index (χ1v) is 8.04. The van der Waals surface area contributed by atoms with Gasteiger partial charge in [0, 0.05) is 16.7 Å². The molecule has 1 aromatic carbocycles. The monoisotopic (exact) mass is 366 g/mol. The third-order valence-corrected chi connectivity index (χ3v) is 4.63. The second-order valence-corrected chi connectivity index (χ2v) is 6.55. The predicted octanol–water partition coefficient (Wildman–Crippen LogP) is 4.86.